The van der Waals surface area contributed by atoms with Crippen LogP contribution in [0.2, 0.25) is 5.02 Å². The van der Waals surface area contributed by atoms with E-state index >= 15 is 0 Å². The van der Waals surface area contributed by atoms with Crippen molar-refractivity contribution in [3.8, 4) is 0 Å². The van der Waals surface area contributed by atoms with Crippen LogP contribution in [0.1, 0.15) is 12.6 Å². The van der Waals surface area contributed by atoms with Crippen LogP contribution in [0.3, 0.4) is 0 Å². The molecule has 22 heavy (non-hydrogen) atoms. The number of hydrogen-bond acceptors (Lipinski definition) is 4. The maximum Gasteiger partial charge on any atom is 0.307 e. The first-order valence-corrected chi connectivity index (χ1v) is 7.64. The zero-order valence-corrected chi connectivity index (χ0v) is 13.5. The van der Waals surface area contributed by atoms with E-state index in [1.54, 1.807) is 30.5 Å². The van der Waals surface area contributed by atoms with Crippen molar-refractivity contribution in [3.05, 3.63) is 44.0 Å². The summed E-state index contributed by atoms with van der Waals surface area (Å²) in [4.78, 5) is 34.5. The molecule has 0 aliphatic heterocycles. The Balaban J connectivity index is 2.12. The van der Waals surface area contributed by atoms with Crippen LogP contribution in [0.15, 0.2) is 28.4 Å². The van der Waals surface area contributed by atoms with Gasteiger partial charge in [0.15, 0.2) is 0 Å². The van der Waals surface area contributed by atoms with E-state index in [1.807, 2.05) is 0 Å². The standard InChI is InChI=1S/C14H14ClN3O3S/c1-8-7-22-14(21)18(8)6-13(20)17-10-3-4-11(15)12(5-10)16-9(2)19/h3-5,7H,6H2,1-2H3,(H,16,19)(H,17,20). The first-order valence-electron chi connectivity index (χ1n) is 6.38. The molecule has 2 N–H and O–H groups in total. The molecule has 8 heteroatoms. The Labute approximate surface area is 135 Å². The van der Waals surface area contributed by atoms with Crippen LogP contribution in [0.4, 0.5) is 11.4 Å². The van der Waals surface area contributed by atoms with E-state index in [2.05, 4.69) is 10.6 Å². The molecule has 116 valence electrons. The number of halogens is 1. The lowest BCUT2D eigenvalue weighted by Crippen LogP contribution is -2.25. The average molecular weight is 340 g/mol. The van der Waals surface area contributed by atoms with E-state index in [0.29, 0.717) is 16.4 Å². The highest BCUT2D eigenvalue weighted by Gasteiger charge is 2.10. The number of nitrogens with zero attached hydrogens (tertiary/aromatic N) is 1. The molecule has 0 fully saturated rings. The Kier molecular flexibility index (Phi) is 4.99. The van der Waals surface area contributed by atoms with Crippen molar-refractivity contribution in [1.82, 2.24) is 4.57 Å². The quantitative estimate of drug-likeness (QED) is 0.898. The van der Waals surface area contributed by atoms with Crippen molar-refractivity contribution >= 4 is 46.1 Å². The summed E-state index contributed by atoms with van der Waals surface area (Å²) >= 11 is 7.02. The lowest BCUT2D eigenvalue weighted by Gasteiger charge is -2.10. The molecule has 0 aliphatic rings. The maximum absolute atomic E-state index is 12.0. The smallest absolute Gasteiger partial charge is 0.307 e. The number of hydrogen-bond donors (Lipinski definition) is 2. The predicted octanol–water partition coefficient (Wildman–Crippen LogP) is 2.47. The minimum atomic E-state index is -0.334. The molecule has 1 heterocycles. The number of benzene rings is 1. The van der Waals surface area contributed by atoms with Crippen LogP contribution < -0.4 is 15.5 Å². The molecule has 1 aromatic carbocycles. The lowest BCUT2D eigenvalue weighted by atomic mass is 10.2. The molecule has 0 saturated heterocycles. The summed E-state index contributed by atoms with van der Waals surface area (Å²) < 4.78 is 1.39. The zero-order chi connectivity index (χ0) is 16.3. The maximum atomic E-state index is 12.0. The van der Waals surface area contributed by atoms with Crippen molar-refractivity contribution in [2.45, 2.75) is 20.4 Å². The van der Waals surface area contributed by atoms with E-state index in [1.165, 1.54) is 11.5 Å². The van der Waals surface area contributed by atoms with Crippen LogP contribution in [-0.4, -0.2) is 16.4 Å². The van der Waals surface area contributed by atoms with Crippen LogP contribution in [0.5, 0.6) is 0 Å². The predicted molar refractivity (Wildman–Crippen MR) is 87.7 cm³/mol. The first kappa shape index (κ1) is 16.3. The lowest BCUT2D eigenvalue weighted by molar-refractivity contribution is -0.117. The number of aromatic nitrogens is 1. The van der Waals surface area contributed by atoms with Crippen molar-refractivity contribution < 1.29 is 9.59 Å². The molecule has 2 rings (SSSR count). The van der Waals surface area contributed by atoms with E-state index in [0.717, 1.165) is 17.0 Å². The van der Waals surface area contributed by atoms with Gasteiger partial charge in [0, 0.05) is 23.7 Å². The molecular weight excluding hydrogens is 326 g/mol. The summed E-state index contributed by atoms with van der Waals surface area (Å²) in [5.41, 5.74) is 1.63. The summed E-state index contributed by atoms with van der Waals surface area (Å²) in [6.07, 6.45) is 0. The number of aryl methyl sites for hydroxylation is 1. The summed E-state index contributed by atoms with van der Waals surface area (Å²) in [5.74, 6) is -0.592. The largest absolute Gasteiger partial charge is 0.325 e. The van der Waals surface area contributed by atoms with Crippen molar-refractivity contribution in [1.29, 1.82) is 0 Å². The molecule has 0 radical (unpaired) electrons. The first-order chi connectivity index (χ1) is 10.4. The van der Waals surface area contributed by atoms with Gasteiger partial charge in [-0.05, 0) is 25.1 Å². The SMILES string of the molecule is CC(=O)Nc1cc(NC(=O)Cn2c(C)csc2=O)ccc1Cl. The van der Waals surface area contributed by atoms with Crippen LogP contribution in [0, 0.1) is 6.92 Å². The second kappa shape index (κ2) is 6.76. The molecule has 6 nitrogen and oxygen atoms in total. The summed E-state index contributed by atoms with van der Waals surface area (Å²) in [7, 11) is 0. The summed E-state index contributed by atoms with van der Waals surface area (Å²) in [6, 6.07) is 4.75. The number of nitrogens with one attached hydrogen (secondary N) is 2. The van der Waals surface area contributed by atoms with Crippen molar-refractivity contribution in [2.75, 3.05) is 10.6 Å². The molecule has 0 bridgehead atoms. The highest BCUT2D eigenvalue weighted by Crippen LogP contribution is 2.25. The minimum Gasteiger partial charge on any atom is -0.325 e. The Morgan fingerprint density at radius 2 is 2.05 bits per heavy atom. The third kappa shape index (κ3) is 3.96. The van der Waals surface area contributed by atoms with Gasteiger partial charge in [-0.25, -0.2) is 0 Å². The second-order valence-electron chi connectivity index (χ2n) is 4.65. The molecule has 0 saturated carbocycles. The number of carbonyl (C=O) groups excluding carboxylic acids is 2. The Morgan fingerprint density at radius 3 is 2.64 bits per heavy atom. The summed E-state index contributed by atoms with van der Waals surface area (Å²) in [6.45, 7) is 3.07. The molecule has 0 atom stereocenters. The molecule has 0 unspecified atom stereocenters. The van der Waals surface area contributed by atoms with E-state index in [-0.39, 0.29) is 23.2 Å². The highest BCUT2D eigenvalue weighted by atomic mass is 35.5. The van der Waals surface area contributed by atoms with Crippen molar-refractivity contribution in [3.63, 3.8) is 0 Å². The number of thiazole rings is 1. The molecule has 2 aromatic rings. The van der Waals surface area contributed by atoms with Gasteiger partial charge in [0.25, 0.3) is 0 Å². The third-order valence-corrected chi connectivity index (χ3v) is 4.05. The molecule has 0 aliphatic carbocycles. The van der Waals surface area contributed by atoms with Gasteiger partial charge in [0.2, 0.25) is 11.8 Å². The zero-order valence-electron chi connectivity index (χ0n) is 12.0. The fourth-order valence-corrected chi connectivity index (χ4v) is 2.73. The highest BCUT2D eigenvalue weighted by molar-refractivity contribution is 7.07. The monoisotopic (exact) mass is 339 g/mol. The van der Waals surface area contributed by atoms with E-state index < -0.39 is 0 Å². The van der Waals surface area contributed by atoms with Gasteiger partial charge >= 0.3 is 4.87 Å². The molecule has 1 aromatic heterocycles. The third-order valence-electron chi connectivity index (χ3n) is 2.84. The van der Waals surface area contributed by atoms with E-state index in [9.17, 15) is 14.4 Å². The second-order valence-corrected chi connectivity index (χ2v) is 5.88. The number of amides is 2. The van der Waals surface area contributed by atoms with Gasteiger partial charge in [-0.15, -0.1) is 0 Å². The van der Waals surface area contributed by atoms with Crippen LogP contribution in [-0.2, 0) is 16.1 Å². The van der Waals surface area contributed by atoms with Gasteiger partial charge in [-0.3, -0.25) is 19.0 Å². The molecule has 0 spiro atoms. The van der Waals surface area contributed by atoms with E-state index in [4.69, 9.17) is 11.6 Å². The van der Waals surface area contributed by atoms with Crippen LogP contribution >= 0.6 is 22.9 Å². The number of anilines is 2. The number of carbonyl (C=O) groups is 2. The molecule has 2 amide bonds. The Bertz CT molecular complexity index is 782. The fourth-order valence-electron chi connectivity index (χ4n) is 1.83. The van der Waals surface area contributed by atoms with Gasteiger partial charge < -0.3 is 10.6 Å². The average Bonchev–Trinajstić information content (AvgIpc) is 2.74. The number of rotatable bonds is 4. The van der Waals surface area contributed by atoms with Gasteiger partial charge in [0.05, 0.1) is 10.7 Å². The van der Waals surface area contributed by atoms with Gasteiger partial charge in [-0.2, -0.15) is 0 Å². The topological polar surface area (TPSA) is 80.2 Å². The van der Waals surface area contributed by atoms with Gasteiger partial charge in [0.1, 0.15) is 6.54 Å². The molecular formula is C14H14ClN3O3S. The normalized spacial score (nSPS) is 10.3. The van der Waals surface area contributed by atoms with Gasteiger partial charge in [-0.1, -0.05) is 22.9 Å². The fraction of sp³-hybridized carbons (Fsp3) is 0.214. The van der Waals surface area contributed by atoms with Crippen molar-refractivity contribution in [2.24, 2.45) is 0 Å². The Hall–Kier alpha value is -2.12. The van der Waals surface area contributed by atoms with Crippen LogP contribution in [0.25, 0.3) is 0 Å². The minimum absolute atomic E-state index is 0.0632. The Morgan fingerprint density at radius 1 is 1.32 bits per heavy atom. The summed E-state index contributed by atoms with van der Waals surface area (Å²) in [5, 5.41) is 7.32.